The maximum atomic E-state index is 11.3. The minimum absolute atomic E-state index is 0.0256. The number of hydrogen-bond acceptors (Lipinski definition) is 3. The van der Waals surface area contributed by atoms with E-state index in [0.717, 1.165) is 11.5 Å². The van der Waals surface area contributed by atoms with Crippen molar-refractivity contribution in [2.75, 3.05) is 5.32 Å². The number of furan rings is 1. The molecule has 0 aliphatic carbocycles. The summed E-state index contributed by atoms with van der Waals surface area (Å²) in [6, 6.07) is 5.58. The van der Waals surface area contributed by atoms with Crippen LogP contribution in [0.25, 0.3) is 0 Å². The van der Waals surface area contributed by atoms with E-state index in [4.69, 9.17) is 4.42 Å². The second-order valence-electron chi connectivity index (χ2n) is 3.79. The SMILES string of the molecule is CCC(=O)Nc1ccnn1Cc1ccc(C)o1. The number of hydrogen-bond donors (Lipinski definition) is 1. The van der Waals surface area contributed by atoms with E-state index in [1.165, 1.54) is 0 Å². The number of amides is 1. The smallest absolute Gasteiger partial charge is 0.225 e. The van der Waals surface area contributed by atoms with Crippen LogP contribution < -0.4 is 5.32 Å². The van der Waals surface area contributed by atoms with Crippen LogP contribution in [0.4, 0.5) is 5.82 Å². The van der Waals surface area contributed by atoms with E-state index < -0.39 is 0 Å². The molecule has 0 radical (unpaired) electrons. The first-order chi connectivity index (χ1) is 8.19. The van der Waals surface area contributed by atoms with Crippen LogP contribution in [0.3, 0.4) is 0 Å². The van der Waals surface area contributed by atoms with Crippen molar-refractivity contribution in [1.29, 1.82) is 0 Å². The van der Waals surface area contributed by atoms with Gasteiger partial charge >= 0.3 is 0 Å². The Morgan fingerprint density at radius 1 is 1.47 bits per heavy atom. The third kappa shape index (κ3) is 2.75. The van der Waals surface area contributed by atoms with Crippen molar-refractivity contribution in [3.63, 3.8) is 0 Å². The van der Waals surface area contributed by atoms with Crippen LogP contribution in [-0.2, 0) is 11.3 Å². The van der Waals surface area contributed by atoms with Gasteiger partial charge in [0.25, 0.3) is 0 Å². The zero-order valence-electron chi connectivity index (χ0n) is 9.93. The van der Waals surface area contributed by atoms with Gasteiger partial charge in [0.05, 0.1) is 6.20 Å². The maximum absolute atomic E-state index is 11.3. The van der Waals surface area contributed by atoms with Gasteiger partial charge in [-0.05, 0) is 19.1 Å². The summed E-state index contributed by atoms with van der Waals surface area (Å²) < 4.78 is 7.17. The van der Waals surface area contributed by atoms with Crippen LogP contribution >= 0.6 is 0 Å². The number of rotatable bonds is 4. The van der Waals surface area contributed by atoms with Gasteiger partial charge in [-0.1, -0.05) is 6.92 Å². The Kier molecular flexibility index (Phi) is 3.27. The number of carbonyl (C=O) groups is 1. The minimum atomic E-state index is -0.0256. The molecule has 0 aliphatic heterocycles. The first-order valence-electron chi connectivity index (χ1n) is 5.56. The van der Waals surface area contributed by atoms with Gasteiger partial charge < -0.3 is 9.73 Å². The molecule has 2 heterocycles. The Bertz CT molecular complexity index is 513. The van der Waals surface area contributed by atoms with Gasteiger partial charge in [0.2, 0.25) is 5.91 Å². The highest BCUT2D eigenvalue weighted by molar-refractivity contribution is 5.89. The van der Waals surface area contributed by atoms with Gasteiger partial charge in [-0.2, -0.15) is 5.10 Å². The molecule has 0 bridgehead atoms. The van der Waals surface area contributed by atoms with Crippen molar-refractivity contribution in [3.05, 3.63) is 35.9 Å². The van der Waals surface area contributed by atoms with Gasteiger partial charge in [-0.15, -0.1) is 0 Å². The third-order valence-corrected chi connectivity index (χ3v) is 2.41. The molecule has 2 rings (SSSR count). The van der Waals surface area contributed by atoms with Crippen LogP contribution in [-0.4, -0.2) is 15.7 Å². The number of aromatic nitrogens is 2. The first-order valence-corrected chi connectivity index (χ1v) is 5.56. The summed E-state index contributed by atoms with van der Waals surface area (Å²) in [6.07, 6.45) is 2.10. The normalized spacial score (nSPS) is 10.5. The molecule has 1 amide bonds. The van der Waals surface area contributed by atoms with E-state index >= 15 is 0 Å². The Morgan fingerprint density at radius 3 is 2.94 bits per heavy atom. The van der Waals surface area contributed by atoms with Crippen LogP contribution in [0.5, 0.6) is 0 Å². The molecule has 0 saturated heterocycles. The van der Waals surface area contributed by atoms with Crippen LogP contribution in [0.1, 0.15) is 24.9 Å². The molecule has 0 unspecified atom stereocenters. The van der Waals surface area contributed by atoms with Crippen LogP contribution in [0.15, 0.2) is 28.8 Å². The highest BCUT2D eigenvalue weighted by Gasteiger charge is 2.07. The summed E-state index contributed by atoms with van der Waals surface area (Å²) in [5.74, 6) is 2.35. The Balaban J connectivity index is 2.11. The lowest BCUT2D eigenvalue weighted by molar-refractivity contribution is -0.115. The molecular weight excluding hydrogens is 218 g/mol. The van der Waals surface area contributed by atoms with E-state index in [2.05, 4.69) is 10.4 Å². The molecule has 90 valence electrons. The average Bonchev–Trinajstić information content (AvgIpc) is 2.89. The van der Waals surface area contributed by atoms with E-state index in [0.29, 0.717) is 18.8 Å². The van der Waals surface area contributed by atoms with Gasteiger partial charge in [0.1, 0.15) is 23.9 Å². The van der Waals surface area contributed by atoms with Crippen molar-refractivity contribution in [1.82, 2.24) is 9.78 Å². The van der Waals surface area contributed by atoms with Crippen molar-refractivity contribution >= 4 is 11.7 Å². The predicted octanol–water partition coefficient (Wildman–Crippen LogP) is 2.18. The van der Waals surface area contributed by atoms with Crippen LogP contribution in [0, 0.1) is 6.92 Å². The molecule has 0 atom stereocenters. The number of aryl methyl sites for hydroxylation is 1. The lowest BCUT2D eigenvalue weighted by Crippen LogP contribution is -2.14. The van der Waals surface area contributed by atoms with E-state index in [1.54, 1.807) is 16.9 Å². The monoisotopic (exact) mass is 233 g/mol. The van der Waals surface area contributed by atoms with Gasteiger partial charge in [-0.25, -0.2) is 4.68 Å². The predicted molar refractivity (Wildman–Crippen MR) is 63.7 cm³/mol. The average molecular weight is 233 g/mol. The summed E-state index contributed by atoms with van der Waals surface area (Å²) >= 11 is 0. The fourth-order valence-electron chi connectivity index (χ4n) is 1.51. The molecule has 0 saturated carbocycles. The van der Waals surface area contributed by atoms with Crippen molar-refractivity contribution in [2.24, 2.45) is 0 Å². The fourth-order valence-corrected chi connectivity index (χ4v) is 1.51. The largest absolute Gasteiger partial charge is 0.464 e. The van der Waals surface area contributed by atoms with Gasteiger partial charge in [0.15, 0.2) is 0 Å². The molecule has 5 heteroatoms. The number of carbonyl (C=O) groups excluding carboxylic acids is 1. The summed E-state index contributed by atoms with van der Waals surface area (Å²) in [4.78, 5) is 11.3. The van der Waals surface area contributed by atoms with E-state index in [-0.39, 0.29) is 5.91 Å². The molecular formula is C12H15N3O2. The summed E-state index contributed by atoms with van der Waals surface area (Å²) in [7, 11) is 0. The maximum Gasteiger partial charge on any atom is 0.225 e. The second kappa shape index (κ2) is 4.86. The highest BCUT2D eigenvalue weighted by atomic mass is 16.3. The number of anilines is 1. The zero-order valence-corrected chi connectivity index (χ0v) is 9.93. The molecule has 5 nitrogen and oxygen atoms in total. The first kappa shape index (κ1) is 11.4. The third-order valence-electron chi connectivity index (χ3n) is 2.41. The van der Waals surface area contributed by atoms with Gasteiger partial charge in [0, 0.05) is 12.5 Å². The fraction of sp³-hybridized carbons (Fsp3) is 0.333. The molecule has 2 aromatic rings. The number of nitrogens with one attached hydrogen (secondary N) is 1. The van der Waals surface area contributed by atoms with E-state index in [1.807, 2.05) is 26.0 Å². The Morgan fingerprint density at radius 2 is 2.29 bits per heavy atom. The lowest BCUT2D eigenvalue weighted by atomic mass is 10.4. The zero-order chi connectivity index (χ0) is 12.3. The van der Waals surface area contributed by atoms with Crippen molar-refractivity contribution in [3.8, 4) is 0 Å². The minimum Gasteiger partial charge on any atom is -0.464 e. The van der Waals surface area contributed by atoms with Crippen molar-refractivity contribution in [2.45, 2.75) is 26.8 Å². The van der Waals surface area contributed by atoms with Crippen molar-refractivity contribution < 1.29 is 9.21 Å². The van der Waals surface area contributed by atoms with Gasteiger partial charge in [-0.3, -0.25) is 4.79 Å². The van der Waals surface area contributed by atoms with E-state index in [9.17, 15) is 4.79 Å². The Hall–Kier alpha value is -2.04. The molecule has 0 fully saturated rings. The number of nitrogens with zero attached hydrogens (tertiary/aromatic N) is 2. The molecule has 0 spiro atoms. The Labute approximate surface area is 99.4 Å². The topological polar surface area (TPSA) is 60.1 Å². The highest BCUT2D eigenvalue weighted by Crippen LogP contribution is 2.12. The molecule has 0 aliphatic rings. The molecule has 1 N–H and O–H groups in total. The van der Waals surface area contributed by atoms with Crippen LogP contribution in [0.2, 0.25) is 0 Å². The summed E-state index contributed by atoms with van der Waals surface area (Å²) in [5.41, 5.74) is 0. The lowest BCUT2D eigenvalue weighted by Gasteiger charge is -2.06. The summed E-state index contributed by atoms with van der Waals surface area (Å²) in [5, 5.41) is 6.94. The second-order valence-corrected chi connectivity index (χ2v) is 3.79. The molecule has 0 aromatic carbocycles. The molecule has 2 aromatic heterocycles. The summed E-state index contributed by atoms with van der Waals surface area (Å²) in [6.45, 7) is 4.22. The quantitative estimate of drug-likeness (QED) is 0.880. The standard InChI is InChI=1S/C12H15N3O2/c1-3-12(16)14-11-6-7-13-15(11)8-10-5-4-9(2)17-10/h4-7H,3,8H2,1-2H3,(H,14,16). The molecule has 17 heavy (non-hydrogen) atoms.